The maximum absolute atomic E-state index is 14.3. The molecule has 0 aromatic carbocycles. The molecule has 9 heteroatoms. The smallest absolute Gasteiger partial charge is 0.256 e. The van der Waals surface area contributed by atoms with Crippen LogP contribution in [0.25, 0.3) is 5.57 Å². The first kappa shape index (κ1) is 19.2. The molecule has 1 aliphatic rings. The number of nitrogens with two attached hydrogens (primary N) is 1. The van der Waals surface area contributed by atoms with Gasteiger partial charge in [0.05, 0.1) is 27.5 Å². The third kappa shape index (κ3) is 4.06. The number of aromatic nitrogens is 2. The van der Waals surface area contributed by atoms with E-state index in [1.165, 1.54) is 36.3 Å². The Morgan fingerprint density at radius 1 is 1.41 bits per heavy atom. The third-order valence-electron chi connectivity index (χ3n) is 4.03. The van der Waals surface area contributed by atoms with Crippen LogP contribution in [0.15, 0.2) is 51.3 Å². The molecule has 4 N–H and O–H groups in total. The Bertz CT molecular complexity index is 1030. The molecule has 2 aromatic heterocycles. The second-order valence-corrected chi connectivity index (χ2v) is 7.08. The van der Waals surface area contributed by atoms with Crippen molar-refractivity contribution in [3.63, 3.8) is 0 Å². The molecule has 0 atom stereocenters. The summed E-state index contributed by atoms with van der Waals surface area (Å²) in [4.78, 5) is 30.7. The molecule has 27 heavy (non-hydrogen) atoms. The fourth-order valence-electron chi connectivity index (χ4n) is 2.71. The van der Waals surface area contributed by atoms with Crippen LogP contribution >= 0.6 is 23.4 Å². The molecular weight excluding hydrogens is 391 g/mol. The predicted molar refractivity (Wildman–Crippen MR) is 106 cm³/mol. The molecule has 140 valence electrons. The second-order valence-electron chi connectivity index (χ2n) is 5.78. The molecule has 0 saturated carbocycles. The zero-order chi connectivity index (χ0) is 19.6. The highest BCUT2D eigenvalue weighted by Gasteiger charge is 2.19. The minimum atomic E-state index is -0.642. The number of halogens is 2. The van der Waals surface area contributed by atoms with Crippen molar-refractivity contribution >= 4 is 46.2 Å². The normalized spacial score (nSPS) is 14.1. The number of carbonyl (C=O) groups excluding carboxylic acids is 1. The van der Waals surface area contributed by atoms with E-state index < -0.39 is 17.3 Å². The van der Waals surface area contributed by atoms with Gasteiger partial charge in [0.2, 0.25) is 0 Å². The van der Waals surface area contributed by atoms with E-state index >= 15 is 0 Å². The maximum Gasteiger partial charge on any atom is 0.256 e. The molecule has 2 aromatic rings. The van der Waals surface area contributed by atoms with E-state index in [0.717, 1.165) is 0 Å². The number of rotatable bonds is 5. The summed E-state index contributed by atoms with van der Waals surface area (Å²) in [5.41, 5.74) is 6.39. The van der Waals surface area contributed by atoms with E-state index in [4.69, 9.17) is 17.3 Å². The van der Waals surface area contributed by atoms with Gasteiger partial charge in [-0.25, -0.2) is 4.39 Å². The van der Waals surface area contributed by atoms with Crippen molar-refractivity contribution in [1.82, 2.24) is 9.97 Å². The van der Waals surface area contributed by atoms with E-state index in [1.807, 2.05) is 0 Å². The number of nitrogens with zero attached hydrogens (tertiary/aromatic N) is 1. The van der Waals surface area contributed by atoms with Crippen LogP contribution in [-0.2, 0) is 0 Å². The highest BCUT2D eigenvalue weighted by atomic mass is 35.5. The van der Waals surface area contributed by atoms with Gasteiger partial charge >= 0.3 is 0 Å². The number of primary amides is 1. The summed E-state index contributed by atoms with van der Waals surface area (Å²) >= 11 is 7.33. The minimum absolute atomic E-state index is 0.146. The predicted octanol–water partition coefficient (Wildman–Crippen LogP) is 3.93. The summed E-state index contributed by atoms with van der Waals surface area (Å²) in [5.74, 6) is -1.04. The van der Waals surface area contributed by atoms with Crippen molar-refractivity contribution in [2.24, 2.45) is 5.73 Å². The Kier molecular flexibility index (Phi) is 5.67. The number of anilines is 2. The molecule has 0 aliphatic heterocycles. The molecule has 1 amide bonds. The summed E-state index contributed by atoms with van der Waals surface area (Å²) in [6.07, 6.45) is 6.66. The highest BCUT2D eigenvalue weighted by Crippen LogP contribution is 2.34. The first-order chi connectivity index (χ1) is 12.9. The summed E-state index contributed by atoms with van der Waals surface area (Å²) in [5, 5.41) is 4.09. The number of carbonyl (C=O) groups is 1. The quantitative estimate of drug-likeness (QED) is 0.653. The minimum Gasteiger partial charge on any atom is -0.365 e. The van der Waals surface area contributed by atoms with Crippen molar-refractivity contribution in [3.05, 3.63) is 62.9 Å². The summed E-state index contributed by atoms with van der Waals surface area (Å²) in [7, 11) is 0. The van der Waals surface area contributed by atoms with E-state index in [-0.39, 0.29) is 23.1 Å². The van der Waals surface area contributed by atoms with Crippen molar-refractivity contribution in [2.45, 2.75) is 17.9 Å². The fraction of sp³-hybridized carbons (Fsp3) is 0.167. The Balaban J connectivity index is 2.12. The number of hydrogen-bond acceptors (Lipinski definition) is 5. The standard InChI is InChI=1S/C18H16ClFN4O2S/c1-27-18-15(23-14-4-5-22-8-12(14)16(21)25)7-11(17(26)24-18)10-6-9(19)2-3-13(10)20/h4-8H,2-3H2,1H3,(H2,21,25)(H,22,23)(H,24,26). The Labute approximate surface area is 163 Å². The van der Waals surface area contributed by atoms with Crippen LogP contribution in [0.4, 0.5) is 15.8 Å². The van der Waals surface area contributed by atoms with Gasteiger partial charge < -0.3 is 16.0 Å². The molecule has 6 nitrogen and oxygen atoms in total. The monoisotopic (exact) mass is 406 g/mol. The second kappa shape index (κ2) is 7.98. The third-order valence-corrected chi connectivity index (χ3v) is 5.06. The lowest BCUT2D eigenvalue weighted by Crippen LogP contribution is -2.16. The molecule has 0 bridgehead atoms. The zero-order valence-corrected chi connectivity index (χ0v) is 15.9. The Morgan fingerprint density at radius 3 is 2.89 bits per heavy atom. The number of aromatic amines is 1. The van der Waals surface area contributed by atoms with Gasteiger partial charge in [0.25, 0.3) is 11.5 Å². The molecule has 0 unspecified atom stereocenters. The first-order valence-electron chi connectivity index (χ1n) is 7.98. The molecule has 0 fully saturated rings. The highest BCUT2D eigenvalue weighted by molar-refractivity contribution is 7.98. The van der Waals surface area contributed by atoms with Crippen LogP contribution in [0.1, 0.15) is 28.8 Å². The Hall–Kier alpha value is -2.58. The van der Waals surface area contributed by atoms with Crippen molar-refractivity contribution in [2.75, 3.05) is 11.6 Å². The lowest BCUT2D eigenvalue weighted by Gasteiger charge is -2.16. The van der Waals surface area contributed by atoms with Crippen molar-refractivity contribution in [1.29, 1.82) is 0 Å². The lowest BCUT2D eigenvalue weighted by molar-refractivity contribution is 0.100. The number of hydrogen-bond donors (Lipinski definition) is 3. The maximum atomic E-state index is 14.3. The number of thioether (sulfide) groups is 1. The van der Waals surface area contributed by atoms with Gasteiger partial charge in [-0.05, 0) is 30.9 Å². The summed E-state index contributed by atoms with van der Waals surface area (Å²) < 4.78 is 14.3. The molecule has 0 saturated heterocycles. The van der Waals surface area contributed by atoms with Gasteiger partial charge in [0, 0.05) is 29.4 Å². The van der Waals surface area contributed by atoms with E-state index in [0.29, 0.717) is 27.9 Å². The first-order valence-corrected chi connectivity index (χ1v) is 9.58. The Morgan fingerprint density at radius 2 is 2.19 bits per heavy atom. The molecule has 1 aliphatic carbocycles. The van der Waals surface area contributed by atoms with Crippen LogP contribution in [0, 0.1) is 0 Å². The van der Waals surface area contributed by atoms with Crippen molar-refractivity contribution in [3.8, 4) is 0 Å². The van der Waals surface area contributed by atoms with Crippen LogP contribution in [-0.4, -0.2) is 22.1 Å². The average molecular weight is 407 g/mol. The van der Waals surface area contributed by atoms with Gasteiger partial charge in [-0.3, -0.25) is 14.6 Å². The lowest BCUT2D eigenvalue weighted by atomic mass is 9.99. The van der Waals surface area contributed by atoms with E-state index in [2.05, 4.69) is 15.3 Å². The summed E-state index contributed by atoms with van der Waals surface area (Å²) in [6.45, 7) is 0. The van der Waals surface area contributed by atoms with Crippen LogP contribution in [0.2, 0.25) is 0 Å². The molecule has 2 heterocycles. The number of pyridine rings is 2. The number of H-pyrrole nitrogens is 1. The summed E-state index contributed by atoms with van der Waals surface area (Å²) in [6, 6.07) is 3.13. The van der Waals surface area contributed by atoms with Gasteiger partial charge in [0.15, 0.2) is 0 Å². The zero-order valence-electron chi connectivity index (χ0n) is 14.3. The topological polar surface area (TPSA) is 101 Å². The molecular formula is C18H16ClFN4O2S. The van der Waals surface area contributed by atoms with Crippen LogP contribution in [0.3, 0.4) is 0 Å². The number of allylic oxidation sites excluding steroid dienone is 4. The molecule has 0 radical (unpaired) electrons. The van der Waals surface area contributed by atoms with Gasteiger partial charge in [-0.1, -0.05) is 11.6 Å². The number of nitrogens with one attached hydrogen (secondary N) is 2. The van der Waals surface area contributed by atoms with Gasteiger partial charge in [-0.15, -0.1) is 11.8 Å². The average Bonchev–Trinajstić information content (AvgIpc) is 2.65. The van der Waals surface area contributed by atoms with Crippen LogP contribution < -0.4 is 16.6 Å². The van der Waals surface area contributed by atoms with Crippen LogP contribution in [0.5, 0.6) is 0 Å². The fourth-order valence-corrected chi connectivity index (χ4v) is 3.44. The molecule has 0 spiro atoms. The number of amides is 1. The van der Waals surface area contributed by atoms with E-state index in [1.54, 1.807) is 12.3 Å². The van der Waals surface area contributed by atoms with Gasteiger partial charge in [-0.2, -0.15) is 0 Å². The largest absolute Gasteiger partial charge is 0.365 e. The van der Waals surface area contributed by atoms with Gasteiger partial charge in [0.1, 0.15) is 5.83 Å². The van der Waals surface area contributed by atoms with E-state index in [9.17, 15) is 14.0 Å². The SMILES string of the molecule is CSc1[nH]c(=O)c(C2=C(F)CCC(Cl)=C2)cc1Nc1ccncc1C(N)=O. The molecule has 3 rings (SSSR count). The van der Waals surface area contributed by atoms with Crippen molar-refractivity contribution < 1.29 is 9.18 Å².